The van der Waals surface area contributed by atoms with Crippen LogP contribution in [-0.2, 0) is 4.74 Å². The van der Waals surface area contributed by atoms with E-state index in [1.54, 1.807) is 4.68 Å². The number of benzene rings is 1. The van der Waals surface area contributed by atoms with Crippen LogP contribution in [0, 0.1) is 0 Å². The molecule has 0 aliphatic carbocycles. The van der Waals surface area contributed by atoms with Crippen molar-refractivity contribution in [2.75, 3.05) is 10.6 Å². The van der Waals surface area contributed by atoms with Gasteiger partial charge in [0.2, 0.25) is 0 Å². The van der Waals surface area contributed by atoms with E-state index in [0.29, 0.717) is 11.4 Å². The van der Waals surface area contributed by atoms with Crippen LogP contribution in [0.2, 0.25) is 0 Å². The average Bonchev–Trinajstić information content (AvgIpc) is 2.82. The molecule has 0 fully saturated rings. The highest BCUT2D eigenvalue weighted by Crippen LogP contribution is 2.21. The van der Waals surface area contributed by atoms with Crippen LogP contribution in [0.1, 0.15) is 10.4 Å². The Bertz CT molecular complexity index is 525. The van der Waals surface area contributed by atoms with Gasteiger partial charge in [0.1, 0.15) is 5.56 Å². The Kier molecular flexibility index (Phi) is 3.62. The van der Waals surface area contributed by atoms with Crippen LogP contribution in [0.25, 0.3) is 5.69 Å². The summed E-state index contributed by atoms with van der Waals surface area (Å²) in [6, 6.07) is 9.56. The summed E-state index contributed by atoms with van der Waals surface area (Å²) >= 11 is 1.96. The highest BCUT2D eigenvalue weighted by Gasteiger charge is 2.17. The van der Waals surface area contributed by atoms with Crippen molar-refractivity contribution < 1.29 is 9.53 Å². The molecule has 2 rings (SSSR count). The lowest BCUT2D eigenvalue weighted by molar-refractivity contribution is 0.0602. The lowest BCUT2D eigenvalue weighted by Gasteiger charge is -2.06. The third kappa shape index (κ3) is 2.26. The van der Waals surface area contributed by atoms with Gasteiger partial charge in [0.05, 0.1) is 41.9 Å². The van der Waals surface area contributed by atoms with Crippen molar-refractivity contribution in [1.29, 1.82) is 0 Å². The van der Waals surface area contributed by atoms with Gasteiger partial charge in [-0.2, -0.15) is 5.10 Å². The highest BCUT2D eigenvalue weighted by atomic mass is 127. The fraction of sp³-hybridized carbons (Fsp3) is 0.0909. The molecule has 0 aliphatic heterocycles. The minimum absolute atomic E-state index is 0.408. The number of aromatic nitrogens is 2. The quantitative estimate of drug-likeness (QED) is 0.528. The number of halogens is 1. The Morgan fingerprint density at radius 1 is 1.41 bits per heavy atom. The van der Waals surface area contributed by atoms with Crippen molar-refractivity contribution in [2.45, 2.75) is 0 Å². The maximum absolute atomic E-state index is 11.5. The molecule has 0 saturated heterocycles. The number of nitrogens with zero attached hydrogens (tertiary/aromatic N) is 2. The molecule has 1 aromatic heterocycles. The highest BCUT2D eigenvalue weighted by molar-refractivity contribution is 14.1. The van der Waals surface area contributed by atoms with Gasteiger partial charge < -0.3 is 8.27 Å². The maximum Gasteiger partial charge on any atom is 0.343 e. The Morgan fingerprint density at radius 3 is 2.71 bits per heavy atom. The van der Waals surface area contributed by atoms with E-state index in [4.69, 9.17) is 4.74 Å². The fourth-order valence-electron chi connectivity index (χ4n) is 1.46. The van der Waals surface area contributed by atoms with Crippen molar-refractivity contribution >= 4 is 34.7 Å². The summed E-state index contributed by atoms with van der Waals surface area (Å²) in [5, 5.41) is 4.17. The van der Waals surface area contributed by atoms with Crippen LogP contribution >= 0.6 is 22.9 Å². The summed E-state index contributed by atoms with van der Waals surface area (Å²) in [4.78, 5) is 11.5. The Morgan fingerprint density at radius 2 is 2.12 bits per heavy atom. The molecule has 1 aromatic carbocycles. The molecule has 88 valence electrons. The minimum Gasteiger partial charge on any atom is -0.465 e. The summed E-state index contributed by atoms with van der Waals surface area (Å²) in [7, 11) is 1.35. The zero-order chi connectivity index (χ0) is 12.3. The molecule has 17 heavy (non-hydrogen) atoms. The molecule has 0 spiro atoms. The number of esters is 1. The SMILES string of the molecule is COC(=O)c1cnn(-c2ccccc2)c1NI. The van der Waals surface area contributed by atoms with Crippen LogP contribution in [-0.4, -0.2) is 22.9 Å². The number of ether oxygens (including phenoxy) is 1. The molecule has 1 N–H and O–H groups in total. The molecule has 0 saturated carbocycles. The molecule has 0 atom stereocenters. The normalized spacial score (nSPS) is 10.0. The average molecular weight is 343 g/mol. The fourth-order valence-corrected chi connectivity index (χ4v) is 1.98. The van der Waals surface area contributed by atoms with Gasteiger partial charge in [0.15, 0.2) is 5.82 Å². The van der Waals surface area contributed by atoms with Crippen LogP contribution in [0.4, 0.5) is 5.82 Å². The number of hydrogen-bond acceptors (Lipinski definition) is 4. The molecule has 5 nitrogen and oxygen atoms in total. The number of nitrogens with one attached hydrogen (secondary N) is 1. The summed E-state index contributed by atoms with van der Waals surface area (Å²) < 4.78 is 9.27. The van der Waals surface area contributed by atoms with Crippen molar-refractivity contribution in [2.24, 2.45) is 0 Å². The number of anilines is 1. The number of hydrogen-bond donors (Lipinski definition) is 1. The van der Waals surface area contributed by atoms with Crippen molar-refractivity contribution in [3.63, 3.8) is 0 Å². The van der Waals surface area contributed by atoms with Gasteiger partial charge in [-0.05, 0) is 12.1 Å². The van der Waals surface area contributed by atoms with Gasteiger partial charge in [-0.15, -0.1) is 0 Å². The second-order valence-electron chi connectivity index (χ2n) is 3.24. The maximum atomic E-state index is 11.5. The summed E-state index contributed by atoms with van der Waals surface area (Å²) in [5.41, 5.74) is 1.28. The Hall–Kier alpha value is -1.57. The predicted octanol–water partition coefficient (Wildman–Crippen LogP) is 2.42. The van der Waals surface area contributed by atoms with Crippen molar-refractivity contribution in [3.8, 4) is 5.69 Å². The van der Waals surface area contributed by atoms with Crippen LogP contribution < -0.4 is 3.53 Å². The van der Waals surface area contributed by atoms with E-state index in [9.17, 15) is 4.79 Å². The topological polar surface area (TPSA) is 56.1 Å². The predicted molar refractivity (Wildman–Crippen MR) is 72.5 cm³/mol. The van der Waals surface area contributed by atoms with E-state index in [0.717, 1.165) is 5.69 Å². The zero-order valence-electron chi connectivity index (χ0n) is 9.05. The summed E-state index contributed by atoms with van der Waals surface area (Å²) in [5.74, 6) is 0.190. The third-order valence-electron chi connectivity index (χ3n) is 2.26. The van der Waals surface area contributed by atoms with E-state index in [1.165, 1.54) is 13.3 Å². The first-order valence-corrected chi connectivity index (χ1v) is 5.94. The molecule has 0 amide bonds. The Balaban J connectivity index is 2.50. The first-order valence-electron chi connectivity index (χ1n) is 4.86. The molecule has 6 heteroatoms. The summed E-state index contributed by atoms with van der Waals surface area (Å²) in [6.07, 6.45) is 1.49. The molecular weight excluding hydrogens is 333 g/mol. The van der Waals surface area contributed by atoms with Crippen molar-refractivity contribution in [3.05, 3.63) is 42.1 Å². The summed E-state index contributed by atoms with van der Waals surface area (Å²) in [6.45, 7) is 0. The zero-order valence-corrected chi connectivity index (χ0v) is 11.2. The lowest BCUT2D eigenvalue weighted by atomic mass is 10.3. The smallest absolute Gasteiger partial charge is 0.343 e. The van der Waals surface area contributed by atoms with Crippen LogP contribution in [0.15, 0.2) is 36.5 Å². The van der Waals surface area contributed by atoms with E-state index < -0.39 is 5.97 Å². The third-order valence-corrected chi connectivity index (χ3v) is 2.78. The first kappa shape index (κ1) is 11.9. The number of para-hydroxylation sites is 1. The molecule has 1 heterocycles. The largest absolute Gasteiger partial charge is 0.465 e. The number of carbonyl (C=O) groups excluding carboxylic acids is 1. The second-order valence-corrected chi connectivity index (χ2v) is 3.78. The van der Waals surface area contributed by atoms with Gasteiger partial charge >= 0.3 is 5.97 Å². The molecule has 0 bridgehead atoms. The second kappa shape index (κ2) is 5.17. The number of carbonyl (C=O) groups is 1. The van der Waals surface area contributed by atoms with Crippen molar-refractivity contribution in [1.82, 2.24) is 9.78 Å². The first-order chi connectivity index (χ1) is 8.27. The molecule has 0 aliphatic rings. The molecule has 2 aromatic rings. The number of rotatable bonds is 3. The van der Waals surface area contributed by atoms with E-state index in [2.05, 4.69) is 8.63 Å². The van der Waals surface area contributed by atoms with E-state index >= 15 is 0 Å². The molecular formula is C11H10IN3O2. The molecule has 0 unspecified atom stereocenters. The lowest BCUT2D eigenvalue weighted by Crippen LogP contribution is -2.05. The standard InChI is InChI=1S/C11H10IN3O2/c1-17-11(16)9-7-13-15(10(9)14-12)8-5-3-2-4-6-8/h2-7,14H,1H3. The van der Waals surface area contributed by atoms with Gasteiger partial charge in [0, 0.05) is 0 Å². The van der Waals surface area contributed by atoms with E-state index in [-0.39, 0.29) is 0 Å². The number of methoxy groups -OCH3 is 1. The van der Waals surface area contributed by atoms with Crippen LogP contribution in [0.5, 0.6) is 0 Å². The minimum atomic E-state index is -0.411. The Labute approximate surface area is 112 Å². The van der Waals surface area contributed by atoms with Gasteiger partial charge in [-0.3, -0.25) is 0 Å². The van der Waals surface area contributed by atoms with E-state index in [1.807, 2.05) is 53.2 Å². The van der Waals surface area contributed by atoms with Crippen LogP contribution in [0.3, 0.4) is 0 Å². The van der Waals surface area contributed by atoms with Gasteiger partial charge in [-0.25, -0.2) is 9.48 Å². The van der Waals surface area contributed by atoms with Gasteiger partial charge in [0.25, 0.3) is 0 Å². The monoisotopic (exact) mass is 343 g/mol. The molecule has 0 radical (unpaired) electrons. The van der Waals surface area contributed by atoms with Gasteiger partial charge in [-0.1, -0.05) is 18.2 Å².